The summed E-state index contributed by atoms with van der Waals surface area (Å²) in [6.07, 6.45) is 0.520. The third-order valence-corrected chi connectivity index (χ3v) is 5.80. The van der Waals surface area contributed by atoms with Gasteiger partial charge in [0.2, 0.25) is 0 Å². The van der Waals surface area contributed by atoms with Crippen LogP contribution in [0.5, 0.6) is 5.75 Å². The molecule has 0 aliphatic carbocycles. The molecule has 142 valence electrons. The smallest absolute Gasteiger partial charge is 0.370 e. The highest BCUT2D eigenvalue weighted by Gasteiger charge is 2.34. The van der Waals surface area contributed by atoms with Crippen LogP contribution in [0.3, 0.4) is 0 Å². The van der Waals surface area contributed by atoms with Gasteiger partial charge in [0.05, 0.1) is 24.8 Å². The van der Waals surface area contributed by atoms with E-state index < -0.39 is 19.4 Å². The maximum atomic E-state index is 12.5. The van der Waals surface area contributed by atoms with Crippen molar-refractivity contribution < 1.29 is 27.9 Å². The van der Waals surface area contributed by atoms with E-state index >= 15 is 0 Å². The van der Waals surface area contributed by atoms with Gasteiger partial charge in [-0.25, -0.2) is 0 Å². The highest BCUT2D eigenvalue weighted by molar-refractivity contribution is 7.54. The summed E-state index contributed by atoms with van der Waals surface area (Å²) in [5, 5.41) is 0.918. The summed E-state index contributed by atoms with van der Waals surface area (Å²) in [4.78, 5) is 11.9. The fourth-order valence-corrected chi connectivity index (χ4v) is 3.84. The quantitative estimate of drug-likeness (QED) is 0.278. The van der Waals surface area contributed by atoms with E-state index in [0.29, 0.717) is 22.2 Å². The van der Waals surface area contributed by atoms with Crippen molar-refractivity contribution in [2.24, 2.45) is 0 Å². The van der Waals surface area contributed by atoms with Crippen LogP contribution in [0.25, 0.3) is 0 Å². The first-order valence-corrected chi connectivity index (χ1v) is 10.3. The van der Waals surface area contributed by atoms with E-state index in [4.69, 9.17) is 41.7 Å². The van der Waals surface area contributed by atoms with Crippen LogP contribution in [-0.4, -0.2) is 31.6 Å². The Bertz CT molecular complexity index is 600. The molecule has 0 radical (unpaired) electrons. The fourth-order valence-electron chi connectivity index (χ4n) is 1.91. The van der Waals surface area contributed by atoms with Crippen molar-refractivity contribution in [3.05, 3.63) is 28.2 Å². The van der Waals surface area contributed by atoms with Crippen LogP contribution in [0.15, 0.2) is 18.2 Å². The zero-order valence-electron chi connectivity index (χ0n) is 14.5. The number of carbonyl (C=O) groups is 1. The second-order valence-corrected chi connectivity index (χ2v) is 8.16. The Morgan fingerprint density at radius 2 is 1.84 bits per heavy atom. The fraction of sp³-hybridized carbons (Fsp3) is 0.562. The number of rotatable bonds is 11. The molecular formula is C16H23Cl2O6P. The Labute approximate surface area is 158 Å². The normalized spacial score (nSPS) is 12.7. The molecule has 1 rings (SSSR count). The van der Waals surface area contributed by atoms with Crippen molar-refractivity contribution in [1.82, 2.24) is 0 Å². The largest absolute Gasteiger partial charge is 0.492 e. The number of ether oxygens (including phenoxy) is 2. The summed E-state index contributed by atoms with van der Waals surface area (Å²) in [6.45, 7) is 5.57. The summed E-state index contributed by atoms with van der Waals surface area (Å²) in [7, 11) is -3.47. The van der Waals surface area contributed by atoms with Gasteiger partial charge in [0.15, 0.2) is 5.85 Å². The zero-order chi connectivity index (χ0) is 18.9. The molecule has 9 heteroatoms. The van der Waals surface area contributed by atoms with Crippen molar-refractivity contribution in [2.75, 3.05) is 19.8 Å². The third kappa shape index (κ3) is 7.55. The minimum absolute atomic E-state index is 0.105. The number of hydrogen-bond acceptors (Lipinski definition) is 6. The van der Waals surface area contributed by atoms with Crippen LogP contribution in [0, 0.1) is 0 Å². The summed E-state index contributed by atoms with van der Waals surface area (Å²) in [5.74, 6) is -0.977. The van der Waals surface area contributed by atoms with Gasteiger partial charge in [0.1, 0.15) is 5.75 Å². The van der Waals surface area contributed by atoms with E-state index in [9.17, 15) is 9.36 Å². The number of benzene rings is 1. The van der Waals surface area contributed by atoms with Crippen LogP contribution in [-0.2, 0) is 23.1 Å². The molecule has 0 heterocycles. The highest BCUT2D eigenvalue weighted by atomic mass is 35.5. The van der Waals surface area contributed by atoms with Crippen LogP contribution >= 0.6 is 30.8 Å². The highest BCUT2D eigenvalue weighted by Crippen LogP contribution is 2.53. The Hall–Kier alpha value is -0.780. The van der Waals surface area contributed by atoms with Crippen LogP contribution in [0.4, 0.5) is 0 Å². The van der Waals surface area contributed by atoms with Crippen molar-refractivity contribution in [2.45, 2.75) is 39.5 Å². The van der Waals surface area contributed by atoms with E-state index in [-0.39, 0.29) is 26.2 Å². The van der Waals surface area contributed by atoms with Gasteiger partial charge in [-0.3, -0.25) is 9.36 Å². The summed E-state index contributed by atoms with van der Waals surface area (Å²) < 4.78 is 33.4. The Morgan fingerprint density at radius 1 is 1.20 bits per heavy atom. The van der Waals surface area contributed by atoms with Gasteiger partial charge in [-0.05, 0) is 45.4 Å². The van der Waals surface area contributed by atoms with Crippen molar-refractivity contribution >= 4 is 36.8 Å². The second-order valence-electron chi connectivity index (χ2n) is 4.99. The topological polar surface area (TPSA) is 71.1 Å². The lowest BCUT2D eigenvalue weighted by molar-refractivity contribution is -0.146. The Balaban J connectivity index is 2.40. The van der Waals surface area contributed by atoms with Gasteiger partial charge in [-0.2, -0.15) is 0 Å². The molecule has 6 nitrogen and oxygen atoms in total. The summed E-state index contributed by atoms with van der Waals surface area (Å²) in [5.41, 5.74) is 0. The van der Waals surface area contributed by atoms with Crippen molar-refractivity contribution in [3.63, 3.8) is 0 Å². The lowest BCUT2D eigenvalue weighted by Gasteiger charge is -2.23. The van der Waals surface area contributed by atoms with E-state index in [0.717, 1.165) is 0 Å². The lowest BCUT2D eigenvalue weighted by atomic mass is 10.3. The third-order valence-electron chi connectivity index (χ3n) is 3.04. The Morgan fingerprint density at radius 3 is 2.40 bits per heavy atom. The second kappa shape index (κ2) is 11.0. The molecular weight excluding hydrogens is 390 g/mol. The van der Waals surface area contributed by atoms with Crippen LogP contribution in [0.2, 0.25) is 10.0 Å². The van der Waals surface area contributed by atoms with Crippen LogP contribution < -0.4 is 4.74 Å². The summed E-state index contributed by atoms with van der Waals surface area (Å²) >= 11 is 11.8. The molecule has 0 fully saturated rings. The number of halogens is 2. The molecule has 1 aromatic carbocycles. The molecule has 0 saturated heterocycles. The molecule has 0 amide bonds. The monoisotopic (exact) mass is 412 g/mol. The zero-order valence-corrected chi connectivity index (χ0v) is 16.9. The number of esters is 1. The lowest BCUT2D eigenvalue weighted by Crippen LogP contribution is -2.18. The van der Waals surface area contributed by atoms with Gasteiger partial charge < -0.3 is 18.5 Å². The number of carbonyl (C=O) groups excluding carboxylic acids is 1. The van der Waals surface area contributed by atoms with Crippen molar-refractivity contribution in [1.29, 1.82) is 0 Å². The van der Waals surface area contributed by atoms with E-state index in [1.54, 1.807) is 32.0 Å². The standard InChI is InChI=1S/C16H23Cl2O6P/c1-4-22-25(20,23-5-2)12(3)24-16(19)7-6-10-21-15-9-8-13(17)11-14(15)18/h8-9,11-12H,4-7,10H2,1-3H3. The van der Waals surface area contributed by atoms with Crippen molar-refractivity contribution in [3.8, 4) is 5.75 Å². The first kappa shape index (κ1) is 22.3. The average molecular weight is 413 g/mol. The molecule has 0 aliphatic rings. The summed E-state index contributed by atoms with van der Waals surface area (Å²) in [6, 6.07) is 4.90. The van der Waals surface area contributed by atoms with Gasteiger partial charge in [-0.1, -0.05) is 23.2 Å². The Kier molecular flexibility index (Phi) is 9.83. The molecule has 1 aromatic rings. The minimum atomic E-state index is -3.47. The molecule has 25 heavy (non-hydrogen) atoms. The molecule has 0 bridgehead atoms. The molecule has 0 N–H and O–H groups in total. The molecule has 0 aromatic heterocycles. The van der Waals surface area contributed by atoms with Gasteiger partial charge >= 0.3 is 13.6 Å². The average Bonchev–Trinajstić information content (AvgIpc) is 2.53. The van der Waals surface area contributed by atoms with E-state index in [1.807, 2.05) is 0 Å². The number of hydrogen-bond donors (Lipinski definition) is 0. The maximum Gasteiger partial charge on any atom is 0.370 e. The molecule has 1 atom stereocenters. The van der Waals surface area contributed by atoms with Gasteiger partial charge in [-0.15, -0.1) is 0 Å². The SMILES string of the molecule is CCOP(=O)(OCC)C(C)OC(=O)CCCOc1ccc(Cl)cc1Cl. The predicted octanol–water partition coefficient (Wildman–Crippen LogP) is 5.31. The molecule has 0 aliphatic heterocycles. The maximum absolute atomic E-state index is 12.5. The van der Waals surface area contributed by atoms with E-state index in [2.05, 4.69) is 0 Å². The van der Waals surface area contributed by atoms with Crippen LogP contribution in [0.1, 0.15) is 33.6 Å². The first-order chi connectivity index (χ1) is 11.8. The van der Waals surface area contributed by atoms with E-state index in [1.165, 1.54) is 6.92 Å². The molecule has 0 spiro atoms. The van der Waals surface area contributed by atoms with Gasteiger partial charge in [0, 0.05) is 11.4 Å². The first-order valence-electron chi connectivity index (χ1n) is 7.98. The predicted molar refractivity (Wildman–Crippen MR) is 97.6 cm³/mol. The molecule has 1 unspecified atom stereocenters. The molecule has 0 saturated carbocycles. The van der Waals surface area contributed by atoms with Gasteiger partial charge in [0.25, 0.3) is 0 Å². The minimum Gasteiger partial charge on any atom is -0.492 e.